The Morgan fingerprint density at radius 1 is 0.933 bits per heavy atom. The summed E-state index contributed by atoms with van der Waals surface area (Å²) in [6.07, 6.45) is 9.03. The van der Waals surface area contributed by atoms with E-state index in [1.54, 1.807) is 5.06 Å². The summed E-state index contributed by atoms with van der Waals surface area (Å²) >= 11 is 0. The summed E-state index contributed by atoms with van der Waals surface area (Å²) in [5, 5.41) is 14.8. The summed E-state index contributed by atoms with van der Waals surface area (Å²) in [4.78, 5) is 43.5. The maximum absolute atomic E-state index is 13.3. The number of primary amides is 1. The Morgan fingerprint density at radius 3 is 2.36 bits per heavy atom. The highest BCUT2D eigenvalue weighted by molar-refractivity contribution is 5.82. The van der Waals surface area contributed by atoms with Gasteiger partial charge >= 0.3 is 6.09 Å². The van der Waals surface area contributed by atoms with Gasteiger partial charge in [0.1, 0.15) is 5.82 Å². The Balaban J connectivity index is 0.901. The number of fused-ring (bicyclic) bond motifs is 1. The molecule has 45 heavy (non-hydrogen) atoms. The normalized spacial score (nSPS) is 32.9. The molecular weight excluding hydrogens is 570 g/mol. The fourth-order valence-corrected chi connectivity index (χ4v) is 9.81. The Hall–Kier alpha value is -3.57. The van der Waals surface area contributed by atoms with E-state index in [0.29, 0.717) is 25.0 Å². The monoisotopic (exact) mass is 615 g/mol. The van der Waals surface area contributed by atoms with E-state index in [0.717, 1.165) is 100 Å². The van der Waals surface area contributed by atoms with Crippen LogP contribution in [0.1, 0.15) is 51.4 Å². The summed E-state index contributed by atoms with van der Waals surface area (Å²) < 4.78 is 0. The standard InChI is InChI=1S/C34H45N7O4/c35-32(43)34-17-22-15-23(18-34)31(24(16-22)19-34)37-33(44)45-41-14-13-40(28-3-1-2-4-29(28)41)30-6-5-26(20-36-30)38-10-7-25(8-11-38)39-12-9-27(42)21-39/h1-6,20,22-25,27,31,42H,7-19,21H2,(H2,35,43)(H,37,44)/t22?,23-,24+,27-,31?,34?/m0/s1. The van der Waals surface area contributed by atoms with Gasteiger partial charge in [-0.15, -0.1) is 0 Å². The van der Waals surface area contributed by atoms with Crippen LogP contribution in [0, 0.1) is 23.2 Å². The molecule has 4 saturated carbocycles. The van der Waals surface area contributed by atoms with Crippen molar-refractivity contribution in [3.05, 3.63) is 42.6 Å². The van der Waals surface area contributed by atoms with Gasteiger partial charge in [-0.05, 0) is 93.4 Å². The number of carbonyl (C=O) groups excluding carboxylic acids is 2. The average molecular weight is 616 g/mol. The van der Waals surface area contributed by atoms with Crippen molar-refractivity contribution in [3.8, 4) is 0 Å². The van der Waals surface area contributed by atoms with Crippen LogP contribution in [-0.2, 0) is 9.63 Å². The smallest absolute Gasteiger partial charge is 0.392 e. The lowest BCUT2D eigenvalue weighted by Gasteiger charge is -2.58. The van der Waals surface area contributed by atoms with Crippen LogP contribution in [0.3, 0.4) is 0 Å². The van der Waals surface area contributed by atoms with Gasteiger partial charge in [-0.3, -0.25) is 9.69 Å². The third-order valence-corrected chi connectivity index (χ3v) is 11.8. The number of pyridine rings is 1. The maximum Gasteiger partial charge on any atom is 0.431 e. The lowest BCUT2D eigenvalue weighted by atomic mass is 9.47. The molecule has 2 amide bonds. The number of likely N-dealkylation sites (tertiary alicyclic amines) is 1. The number of anilines is 4. The molecule has 1 aromatic carbocycles. The van der Waals surface area contributed by atoms with Crippen LogP contribution in [-0.4, -0.2) is 84.4 Å². The number of β-amino-alcohol motifs (C(OH)–C–C–N with tert-alkyl or cyclic N) is 1. The molecule has 0 spiro atoms. The molecule has 4 bridgehead atoms. The fraction of sp³-hybridized carbons (Fsp3) is 0.618. The summed E-state index contributed by atoms with van der Waals surface area (Å²) in [7, 11) is 0. The van der Waals surface area contributed by atoms with Gasteiger partial charge < -0.3 is 30.8 Å². The van der Waals surface area contributed by atoms with Gasteiger partial charge in [-0.25, -0.2) is 14.8 Å². The molecule has 9 rings (SSSR count). The third kappa shape index (κ3) is 5.27. The molecule has 4 aliphatic carbocycles. The van der Waals surface area contributed by atoms with Crippen LogP contribution in [0.4, 0.5) is 27.7 Å². The molecule has 3 aliphatic heterocycles. The number of benzene rings is 1. The number of nitrogens with zero attached hydrogens (tertiary/aromatic N) is 5. The lowest BCUT2D eigenvalue weighted by Crippen LogP contribution is -2.62. The van der Waals surface area contributed by atoms with E-state index < -0.39 is 6.09 Å². The zero-order chi connectivity index (χ0) is 30.7. The molecular formula is C34H45N7O4. The third-order valence-electron chi connectivity index (χ3n) is 11.8. The maximum atomic E-state index is 13.3. The highest BCUT2D eigenvalue weighted by Gasteiger charge is 2.58. The first-order valence-corrected chi connectivity index (χ1v) is 16.9. The van der Waals surface area contributed by atoms with Crippen molar-refractivity contribution in [3.63, 3.8) is 0 Å². The Kier molecular flexibility index (Phi) is 7.28. The first-order chi connectivity index (χ1) is 21.8. The number of amides is 2. The van der Waals surface area contributed by atoms with E-state index in [1.807, 2.05) is 30.5 Å². The van der Waals surface area contributed by atoms with Crippen LogP contribution in [0.2, 0.25) is 0 Å². The highest BCUT2D eigenvalue weighted by Crippen LogP contribution is 2.60. The van der Waals surface area contributed by atoms with Crippen LogP contribution < -0.4 is 25.9 Å². The first-order valence-electron chi connectivity index (χ1n) is 16.9. The van der Waals surface area contributed by atoms with Crippen LogP contribution in [0.25, 0.3) is 0 Å². The molecule has 4 heterocycles. The number of hydrogen-bond acceptors (Lipinski definition) is 9. The van der Waals surface area contributed by atoms with E-state index in [2.05, 4.69) is 32.1 Å². The second-order valence-corrected chi connectivity index (χ2v) is 14.4. The Morgan fingerprint density at radius 2 is 1.69 bits per heavy atom. The average Bonchev–Trinajstić information content (AvgIpc) is 3.49. The number of piperidine rings is 1. The van der Waals surface area contributed by atoms with Crippen molar-refractivity contribution in [1.82, 2.24) is 15.2 Å². The molecule has 11 heteroatoms. The number of hydrogen-bond donors (Lipinski definition) is 3. The van der Waals surface area contributed by atoms with Crippen LogP contribution in [0.5, 0.6) is 0 Å². The minimum atomic E-state index is -0.434. The van der Waals surface area contributed by atoms with Gasteiger partial charge in [0.05, 0.1) is 35.9 Å². The molecule has 2 aromatic rings. The van der Waals surface area contributed by atoms with Crippen molar-refractivity contribution in [2.24, 2.45) is 28.9 Å². The molecule has 11 nitrogen and oxygen atoms in total. The number of nitrogens with one attached hydrogen (secondary N) is 1. The van der Waals surface area contributed by atoms with E-state index in [9.17, 15) is 14.7 Å². The molecule has 1 aromatic heterocycles. The summed E-state index contributed by atoms with van der Waals surface area (Å²) in [5.74, 6) is 1.80. The number of aromatic nitrogens is 1. The predicted molar refractivity (Wildman–Crippen MR) is 171 cm³/mol. The first kappa shape index (κ1) is 28.9. The number of rotatable bonds is 6. The number of aliphatic hydroxyl groups excluding tert-OH is 1. The topological polar surface area (TPSA) is 127 Å². The summed E-state index contributed by atoms with van der Waals surface area (Å²) in [5.41, 5.74) is 8.39. The fourth-order valence-electron chi connectivity index (χ4n) is 9.81. The summed E-state index contributed by atoms with van der Waals surface area (Å²) in [6, 6.07) is 12.8. The predicted octanol–water partition coefficient (Wildman–Crippen LogP) is 3.40. The zero-order valence-corrected chi connectivity index (χ0v) is 25.9. The number of carbonyl (C=O) groups is 2. The van der Waals surface area contributed by atoms with Gasteiger partial charge in [0.15, 0.2) is 0 Å². The van der Waals surface area contributed by atoms with Gasteiger partial charge in [0.25, 0.3) is 0 Å². The van der Waals surface area contributed by atoms with Gasteiger partial charge in [-0.2, -0.15) is 0 Å². The molecule has 4 N–H and O–H groups in total. The number of aliphatic hydroxyl groups is 1. The number of hydroxylamine groups is 1. The zero-order valence-electron chi connectivity index (χ0n) is 25.9. The van der Waals surface area contributed by atoms with Crippen LogP contribution in [0.15, 0.2) is 42.6 Å². The molecule has 7 aliphatic rings. The van der Waals surface area contributed by atoms with Gasteiger partial charge in [-0.1, -0.05) is 12.1 Å². The number of para-hydroxylation sites is 2. The largest absolute Gasteiger partial charge is 0.431 e. The minimum Gasteiger partial charge on any atom is -0.392 e. The Bertz CT molecular complexity index is 1410. The highest BCUT2D eigenvalue weighted by atomic mass is 16.7. The van der Waals surface area contributed by atoms with Crippen molar-refractivity contribution in [2.75, 3.05) is 54.1 Å². The van der Waals surface area contributed by atoms with E-state index >= 15 is 0 Å². The van der Waals surface area contributed by atoms with E-state index in [1.165, 1.54) is 0 Å². The number of nitrogens with two attached hydrogens (primary N) is 1. The molecule has 6 atom stereocenters. The Labute approximate surface area is 264 Å². The second kappa shape index (κ2) is 11.3. The quantitative estimate of drug-likeness (QED) is 0.448. The second-order valence-electron chi connectivity index (χ2n) is 14.4. The molecule has 6 fully saturated rings. The SMILES string of the molecule is NC(=O)C12CC3C[C@H](C1)C(NC(=O)ON1CCN(c4ccc(N5CCC(N6CC[C@H](O)C6)CC5)cn4)c4ccccc41)[C@@H](C3)C2. The van der Waals surface area contributed by atoms with Gasteiger partial charge in [0.2, 0.25) is 5.91 Å². The van der Waals surface area contributed by atoms with Gasteiger partial charge in [0, 0.05) is 50.2 Å². The molecule has 0 radical (unpaired) electrons. The molecule has 240 valence electrons. The van der Waals surface area contributed by atoms with E-state index in [-0.39, 0.29) is 35.3 Å². The van der Waals surface area contributed by atoms with E-state index in [4.69, 9.17) is 15.6 Å². The van der Waals surface area contributed by atoms with Crippen molar-refractivity contribution < 1.29 is 19.5 Å². The minimum absolute atomic E-state index is 0.0275. The van der Waals surface area contributed by atoms with Crippen molar-refractivity contribution >= 4 is 34.9 Å². The van der Waals surface area contributed by atoms with Crippen molar-refractivity contribution in [2.45, 2.75) is 69.6 Å². The van der Waals surface area contributed by atoms with Crippen molar-refractivity contribution in [1.29, 1.82) is 0 Å². The molecule has 3 unspecified atom stereocenters. The lowest BCUT2D eigenvalue weighted by molar-refractivity contribution is -0.145. The summed E-state index contributed by atoms with van der Waals surface area (Å²) in [6.45, 7) is 4.94. The molecule has 2 saturated heterocycles. The van der Waals surface area contributed by atoms with Crippen LogP contribution >= 0.6 is 0 Å².